The van der Waals surface area contributed by atoms with Crippen molar-refractivity contribution >= 4 is 22.6 Å². The van der Waals surface area contributed by atoms with E-state index in [4.69, 9.17) is 9.47 Å². The second-order valence-corrected chi connectivity index (χ2v) is 10.0. The Morgan fingerprint density at radius 2 is 2.08 bits per heavy atom. The zero-order valence-corrected chi connectivity index (χ0v) is 21.2. The number of hydrogen-bond donors (Lipinski definition) is 3. The monoisotopic (exact) mass is 508 g/mol. The molecule has 11 nitrogen and oxygen atoms in total. The summed E-state index contributed by atoms with van der Waals surface area (Å²) in [5, 5.41) is 26.0. The molecule has 1 fully saturated rings. The summed E-state index contributed by atoms with van der Waals surface area (Å²) in [6.45, 7) is 8.81. The van der Waals surface area contributed by atoms with Crippen molar-refractivity contribution in [1.29, 1.82) is 0 Å². The standard InChI is InChI=1S/C26H32N6O5/c1-16-12-31(13-17(2)37-16)14-26(3,35)15-36-20-7-6-19-21(22(20)33)29-25(32-10-9-28-23(19)32)30-24(34)18-5-4-8-27-11-18/h4-8,11,16-17,28,33,35H,9-10,12-15H2,1-3H3/t16-,17+,26-/m1/s1. The highest BCUT2D eigenvalue weighted by atomic mass is 16.5. The van der Waals surface area contributed by atoms with Gasteiger partial charge in [0.15, 0.2) is 11.5 Å². The molecule has 0 saturated carbocycles. The van der Waals surface area contributed by atoms with E-state index >= 15 is 0 Å². The Morgan fingerprint density at radius 1 is 1.30 bits per heavy atom. The first-order valence-corrected chi connectivity index (χ1v) is 12.4. The SMILES string of the molecule is C[C@@H]1CN(C[C@@](C)(O)COc2ccc3c4n(c(=NC(=O)c5cccnc5)nc3c2O)CCN4)C[C@H](C)O1. The number of fused-ring (bicyclic) bond motifs is 3. The van der Waals surface area contributed by atoms with Gasteiger partial charge in [-0.3, -0.25) is 19.2 Å². The lowest BCUT2D eigenvalue weighted by Gasteiger charge is -2.38. The zero-order valence-electron chi connectivity index (χ0n) is 21.2. The Hall–Kier alpha value is -3.54. The molecule has 3 N–H and O–H groups in total. The molecule has 4 heterocycles. The molecule has 37 heavy (non-hydrogen) atoms. The number of aromatic nitrogens is 3. The number of β-amino-alcohol motifs (C(OH)–C–C–N with tert-alkyl or cyclic N) is 1. The molecule has 1 aromatic carbocycles. The zero-order chi connectivity index (χ0) is 26.2. The number of aliphatic hydroxyl groups is 1. The minimum Gasteiger partial charge on any atom is -0.503 e. The van der Waals surface area contributed by atoms with Gasteiger partial charge < -0.3 is 25.0 Å². The van der Waals surface area contributed by atoms with E-state index in [1.165, 1.54) is 6.20 Å². The normalized spacial score (nSPS) is 21.9. The van der Waals surface area contributed by atoms with Gasteiger partial charge in [-0.1, -0.05) is 0 Å². The smallest absolute Gasteiger partial charge is 0.281 e. The summed E-state index contributed by atoms with van der Waals surface area (Å²) in [6.07, 6.45) is 3.21. The first-order valence-electron chi connectivity index (χ1n) is 12.4. The van der Waals surface area contributed by atoms with Crippen molar-refractivity contribution in [2.24, 2.45) is 4.99 Å². The molecule has 1 saturated heterocycles. The van der Waals surface area contributed by atoms with Gasteiger partial charge in [-0.05, 0) is 45.0 Å². The topological polar surface area (TPSA) is 134 Å². The summed E-state index contributed by atoms with van der Waals surface area (Å²) >= 11 is 0. The summed E-state index contributed by atoms with van der Waals surface area (Å²) in [5.41, 5.74) is -0.377. The summed E-state index contributed by atoms with van der Waals surface area (Å²) in [7, 11) is 0. The Labute approximate surface area is 214 Å². The average molecular weight is 509 g/mol. The summed E-state index contributed by atoms with van der Waals surface area (Å²) in [6, 6.07) is 6.76. The lowest BCUT2D eigenvalue weighted by molar-refractivity contribution is -0.0952. The number of anilines is 1. The molecule has 1 amide bonds. The number of phenolic OH excluding ortho intramolecular Hbond substituents is 1. The first-order chi connectivity index (χ1) is 17.7. The summed E-state index contributed by atoms with van der Waals surface area (Å²) < 4.78 is 13.5. The van der Waals surface area contributed by atoms with Gasteiger partial charge in [0.25, 0.3) is 5.91 Å². The number of morpholine rings is 1. The van der Waals surface area contributed by atoms with Crippen LogP contribution in [0.15, 0.2) is 41.7 Å². The maximum absolute atomic E-state index is 12.7. The highest BCUT2D eigenvalue weighted by molar-refractivity contribution is 5.96. The Bertz CT molecular complexity index is 1360. The van der Waals surface area contributed by atoms with Gasteiger partial charge in [0.2, 0.25) is 5.62 Å². The molecule has 0 spiro atoms. The predicted molar refractivity (Wildman–Crippen MR) is 137 cm³/mol. The van der Waals surface area contributed by atoms with Gasteiger partial charge in [0.05, 0.1) is 17.8 Å². The molecular formula is C26H32N6O5. The fourth-order valence-corrected chi connectivity index (χ4v) is 4.98. The second-order valence-electron chi connectivity index (χ2n) is 10.0. The summed E-state index contributed by atoms with van der Waals surface area (Å²) in [4.78, 5) is 27.6. The molecule has 11 heteroatoms. The maximum Gasteiger partial charge on any atom is 0.281 e. The van der Waals surface area contributed by atoms with Gasteiger partial charge in [-0.25, -0.2) is 4.98 Å². The third kappa shape index (κ3) is 5.43. The van der Waals surface area contributed by atoms with Crippen molar-refractivity contribution in [3.63, 3.8) is 0 Å². The number of rotatable bonds is 6. The van der Waals surface area contributed by atoms with E-state index in [1.807, 2.05) is 18.4 Å². The van der Waals surface area contributed by atoms with Gasteiger partial charge in [-0.15, -0.1) is 0 Å². The molecular weight excluding hydrogens is 476 g/mol. The largest absolute Gasteiger partial charge is 0.503 e. The fraction of sp³-hybridized carbons (Fsp3) is 0.462. The number of hydrogen-bond acceptors (Lipinski definition) is 9. The number of benzene rings is 1. The lowest BCUT2D eigenvalue weighted by atomic mass is 10.1. The molecule has 2 aromatic heterocycles. The van der Waals surface area contributed by atoms with Crippen LogP contribution < -0.4 is 15.7 Å². The van der Waals surface area contributed by atoms with Crippen molar-refractivity contribution in [2.75, 3.05) is 38.1 Å². The van der Waals surface area contributed by atoms with Crippen LogP contribution in [0.5, 0.6) is 11.5 Å². The predicted octanol–water partition coefficient (Wildman–Crippen LogP) is 1.54. The Morgan fingerprint density at radius 3 is 2.81 bits per heavy atom. The van der Waals surface area contributed by atoms with Crippen LogP contribution in [0.25, 0.3) is 10.9 Å². The number of pyridine rings is 1. The molecule has 0 bridgehead atoms. The van der Waals surface area contributed by atoms with Crippen LogP contribution in [0, 0.1) is 0 Å². The first kappa shape index (κ1) is 25.1. The molecule has 0 unspecified atom stereocenters. The average Bonchev–Trinajstić information content (AvgIpc) is 3.34. The van der Waals surface area contributed by atoms with E-state index in [1.54, 1.807) is 37.4 Å². The number of carbonyl (C=O) groups excluding carboxylic acids is 1. The van der Waals surface area contributed by atoms with Crippen molar-refractivity contribution in [1.82, 2.24) is 19.4 Å². The van der Waals surface area contributed by atoms with Crippen LogP contribution in [0.3, 0.4) is 0 Å². The van der Waals surface area contributed by atoms with E-state index in [0.29, 0.717) is 36.4 Å². The van der Waals surface area contributed by atoms with Crippen LogP contribution in [-0.4, -0.2) is 86.2 Å². The lowest BCUT2D eigenvalue weighted by Crippen LogP contribution is -2.52. The van der Waals surface area contributed by atoms with Crippen molar-refractivity contribution in [2.45, 2.75) is 45.1 Å². The third-order valence-electron chi connectivity index (χ3n) is 6.43. The number of nitrogens with one attached hydrogen (secondary N) is 1. The number of aromatic hydroxyl groups is 1. The molecule has 0 radical (unpaired) electrons. The highest BCUT2D eigenvalue weighted by Crippen LogP contribution is 2.36. The number of ether oxygens (including phenoxy) is 2. The molecule has 3 atom stereocenters. The fourth-order valence-electron chi connectivity index (χ4n) is 4.98. The molecule has 5 rings (SSSR count). The van der Waals surface area contributed by atoms with Crippen LogP contribution in [-0.2, 0) is 11.3 Å². The quantitative estimate of drug-likeness (QED) is 0.453. The number of carbonyl (C=O) groups is 1. The van der Waals surface area contributed by atoms with Crippen LogP contribution >= 0.6 is 0 Å². The van der Waals surface area contributed by atoms with E-state index in [-0.39, 0.29) is 41.4 Å². The Balaban J connectivity index is 1.41. The van der Waals surface area contributed by atoms with E-state index in [9.17, 15) is 15.0 Å². The summed E-state index contributed by atoms with van der Waals surface area (Å²) in [5.74, 6) is 0.254. The minimum atomic E-state index is -1.16. The molecule has 2 aliphatic heterocycles. The molecule has 2 aliphatic rings. The van der Waals surface area contributed by atoms with Gasteiger partial charge >= 0.3 is 0 Å². The van der Waals surface area contributed by atoms with E-state index in [2.05, 4.69) is 25.2 Å². The van der Waals surface area contributed by atoms with E-state index in [0.717, 1.165) is 13.1 Å². The van der Waals surface area contributed by atoms with Crippen molar-refractivity contribution < 1.29 is 24.5 Å². The van der Waals surface area contributed by atoms with Crippen LogP contribution in [0.4, 0.5) is 5.82 Å². The van der Waals surface area contributed by atoms with E-state index < -0.39 is 11.5 Å². The maximum atomic E-state index is 12.7. The number of amides is 1. The van der Waals surface area contributed by atoms with Crippen LogP contribution in [0.2, 0.25) is 0 Å². The van der Waals surface area contributed by atoms with Crippen molar-refractivity contribution in [3.05, 3.63) is 47.8 Å². The third-order valence-corrected chi connectivity index (χ3v) is 6.43. The number of phenols is 1. The van der Waals surface area contributed by atoms with Crippen molar-refractivity contribution in [3.8, 4) is 11.5 Å². The highest BCUT2D eigenvalue weighted by Gasteiger charge is 2.30. The van der Waals surface area contributed by atoms with Gasteiger partial charge in [0.1, 0.15) is 23.5 Å². The minimum absolute atomic E-state index is 0.0269. The van der Waals surface area contributed by atoms with Gasteiger partial charge in [-0.2, -0.15) is 4.99 Å². The molecule has 196 valence electrons. The van der Waals surface area contributed by atoms with Crippen LogP contribution in [0.1, 0.15) is 31.1 Å². The molecule has 3 aromatic rings. The second kappa shape index (κ2) is 10.1. The number of nitrogens with zero attached hydrogens (tertiary/aromatic N) is 5. The van der Waals surface area contributed by atoms with Gasteiger partial charge in [0, 0.05) is 50.5 Å². The Kier molecular flexibility index (Phi) is 6.84. The molecule has 0 aliphatic carbocycles.